The summed E-state index contributed by atoms with van der Waals surface area (Å²) in [5, 5.41) is 5.12. The fraction of sp³-hybridized carbons (Fsp3) is 0.667. The molecule has 1 aliphatic heterocycles. The Morgan fingerprint density at radius 2 is 2.08 bits per heavy atom. The molecule has 25 heavy (non-hydrogen) atoms. The van der Waals surface area contributed by atoms with Gasteiger partial charge < -0.3 is 5.32 Å². The van der Waals surface area contributed by atoms with E-state index in [1.807, 2.05) is 0 Å². The average Bonchev–Trinajstić information content (AvgIpc) is 3.15. The van der Waals surface area contributed by atoms with Crippen LogP contribution in [0.2, 0.25) is 0 Å². The van der Waals surface area contributed by atoms with Gasteiger partial charge in [0, 0.05) is 30.9 Å². The highest BCUT2D eigenvalue weighted by Crippen LogP contribution is 2.26. The zero-order valence-corrected chi connectivity index (χ0v) is 15.9. The van der Waals surface area contributed by atoms with Crippen molar-refractivity contribution in [3.05, 3.63) is 17.0 Å². The van der Waals surface area contributed by atoms with Crippen LogP contribution in [0.4, 0.5) is 8.78 Å². The molecule has 1 fully saturated rings. The zero-order chi connectivity index (χ0) is 18.7. The molecule has 1 atom stereocenters. The quantitative estimate of drug-likeness (QED) is 0.698. The van der Waals surface area contributed by atoms with Crippen molar-refractivity contribution in [2.24, 2.45) is 0 Å². The second kappa shape index (κ2) is 8.07. The molecule has 6 nitrogen and oxygen atoms in total. The van der Waals surface area contributed by atoms with Gasteiger partial charge in [0.15, 0.2) is 0 Å². The lowest BCUT2D eigenvalue weighted by Gasteiger charge is -2.16. The Labute approximate surface area is 150 Å². The van der Waals surface area contributed by atoms with Crippen molar-refractivity contribution in [2.45, 2.75) is 42.9 Å². The largest absolute Gasteiger partial charge is 0.354 e. The monoisotopic (exact) mass is 395 g/mol. The van der Waals surface area contributed by atoms with Crippen molar-refractivity contribution in [1.82, 2.24) is 14.9 Å². The maximum atomic E-state index is 13.1. The van der Waals surface area contributed by atoms with Crippen molar-refractivity contribution in [3.8, 4) is 0 Å². The number of halogens is 2. The van der Waals surface area contributed by atoms with Gasteiger partial charge in [-0.05, 0) is 18.6 Å². The summed E-state index contributed by atoms with van der Waals surface area (Å²) in [5.74, 6) is -3.30. The molecule has 1 aromatic rings. The summed E-state index contributed by atoms with van der Waals surface area (Å²) in [7, 11) is -3.48. The molecule has 10 heteroatoms. The van der Waals surface area contributed by atoms with Gasteiger partial charge in [0.05, 0.1) is 12.6 Å². The SMILES string of the molecule is CCN(CC)S(=O)(=O)c1ccc(CCNC(=O)C2CC(F)(F)CN2)s1. The van der Waals surface area contributed by atoms with Crippen LogP contribution in [0.1, 0.15) is 25.1 Å². The summed E-state index contributed by atoms with van der Waals surface area (Å²) in [6.45, 7) is 4.16. The molecule has 0 aliphatic carbocycles. The van der Waals surface area contributed by atoms with Crippen LogP contribution in [0.15, 0.2) is 16.3 Å². The third-order valence-corrected chi connectivity index (χ3v) is 7.70. The van der Waals surface area contributed by atoms with Crippen LogP contribution in [0, 0.1) is 0 Å². The standard InChI is InChI=1S/C15H23F2N3O3S2/c1-3-20(4-2)25(22,23)13-6-5-11(24-13)7-8-18-14(21)12-9-15(16,17)10-19-12/h5-6,12,19H,3-4,7-10H2,1-2H3,(H,18,21). The van der Waals surface area contributed by atoms with Crippen molar-refractivity contribution in [1.29, 1.82) is 0 Å². The first-order valence-corrected chi connectivity index (χ1v) is 10.4. The first kappa shape index (κ1) is 20.2. The fourth-order valence-electron chi connectivity index (χ4n) is 2.65. The third-order valence-electron chi connectivity index (χ3n) is 4.03. The van der Waals surface area contributed by atoms with Gasteiger partial charge in [-0.3, -0.25) is 10.1 Å². The average molecular weight is 395 g/mol. The molecule has 0 spiro atoms. The van der Waals surface area contributed by atoms with E-state index in [1.165, 1.54) is 15.6 Å². The molecule has 1 aliphatic rings. The first-order valence-electron chi connectivity index (χ1n) is 8.17. The van der Waals surface area contributed by atoms with Gasteiger partial charge in [-0.25, -0.2) is 17.2 Å². The molecule has 0 bridgehead atoms. The summed E-state index contributed by atoms with van der Waals surface area (Å²) in [4.78, 5) is 12.7. The predicted octanol–water partition coefficient (Wildman–Crippen LogP) is 1.43. The van der Waals surface area contributed by atoms with E-state index in [-0.39, 0.29) is 10.8 Å². The van der Waals surface area contributed by atoms with E-state index in [0.717, 1.165) is 4.88 Å². The molecule has 0 radical (unpaired) electrons. The Balaban J connectivity index is 1.87. The van der Waals surface area contributed by atoms with Gasteiger partial charge >= 0.3 is 0 Å². The van der Waals surface area contributed by atoms with Crippen LogP contribution in [-0.2, 0) is 21.2 Å². The molecule has 2 N–H and O–H groups in total. The zero-order valence-electron chi connectivity index (χ0n) is 14.2. The fourth-order valence-corrected chi connectivity index (χ4v) is 5.62. The van der Waals surface area contributed by atoms with Crippen LogP contribution in [-0.4, -0.2) is 56.8 Å². The van der Waals surface area contributed by atoms with Crippen LogP contribution in [0.3, 0.4) is 0 Å². The minimum Gasteiger partial charge on any atom is -0.354 e. The lowest BCUT2D eigenvalue weighted by Crippen LogP contribution is -2.41. The van der Waals surface area contributed by atoms with E-state index < -0.39 is 40.9 Å². The number of thiophene rings is 1. The minimum absolute atomic E-state index is 0.272. The van der Waals surface area contributed by atoms with E-state index in [1.54, 1.807) is 26.0 Å². The molecule has 1 amide bonds. The molecule has 1 saturated heterocycles. The summed E-state index contributed by atoms with van der Waals surface area (Å²) >= 11 is 1.17. The lowest BCUT2D eigenvalue weighted by molar-refractivity contribution is -0.123. The van der Waals surface area contributed by atoms with E-state index in [0.29, 0.717) is 19.5 Å². The third kappa shape index (κ3) is 4.96. The number of carbonyl (C=O) groups excluding carboxylic acids is 1. The number of amides is 1. The summed E-state index contributed by atoms with van der Waals surface area (Å²) < 4.78 is 52.6. The Hall–Kier alpha value is -1.10. The molecule has 1 unspecified atom stereocenters. The van der Waals surface area contributed by atoms with Crippen molar-refractivity contribution < 1.29 is 22.0 Å². The maximum Gasteiger partial charge on any atom is 0.262 e. The Morgan fingerprint density at radius 1 is 1.40 bits per heavy atom. The van der Waals surface area contributed by atoms with Crippen LogP contribution in [0.25, 0.3) is 0 Å². The van der Waals surface area contributed by atoms with Gasteiger partial charge in [0.1, 0.15) is 4.21 Å². The van der Waals surface area contributed by atoms with Crippen LogP contribution >= 0.6 is 11.3 Å². The molecule has 2 heterocycles. The van der Waals surface area contributed by atoms with Crippen LogP contribution < -0.4 is 10.6 Å². The number of nitrogens with one attached hydrogen (secondary N) is 2. The van der Waals surface area contributed by atoms with Crippen molar-refractivity contribution in [2.75, 3.05) is 26.2 Å². The number of alkyl halides is 2. The highest BCUT2D eigenvalue weighted by molar-refractivity contribution is 7.91. The second-order valence-corrected chi connectivity index (χ2v) is 9.18. The molecular weight excluding hydrogens is 372 g/mol. The smallest absolute Gasteiger partial charge is 0.262 e. The summed E-state index contributed by atoms with van der Waals surface area (Å²) in [6.07, 6.45) is -0.0443. The number of rotatable bonds is 8. The Kier molecular flexibility index (Phi) is 6.52. The predicted molar refractivity (Wildman–Crippen MR) is 92.5 cm³/mol. The molecule has 1 aromatic heterocycles. The second-order valence-electron chi connectivity index (χ2n) is 5.84. The minimum atomic E-state index is -3.48. The number of nitrogens with zero attached hydrogens (tertiary/aromatic N) is 1. The molecular formula is C15H23F2N3O3S2. The van der Waals surface area contributed by atoms with Crippen molar-refractivity contribution >= 4 is 27.3 Å². The molecule has 0 saturated carbocycles. The van der Waals surface area contributed by atoms with E-state index in [9.17, 15) is 22.0 Å². The maximum absolute atomic E-state index is 13.1. The Morgan fingerprint density at radius 3 is 2.64 bits per heavy atom. The topological polar surface area (TPSA) is 78.5 Å². The normalized spacial score (nSPS) is 20.1. The van der Waals surface area contributed by atoms with E-state index in [4.69, 9.17) is 0 Å². The molecule has 2 rings (SSSR count). The van der Waals surface area contributed by atoms with Gasteiger partial charge in [-0.15, -0.1) is 11.3 Å². The Bertz CT molecular complexity index is 703. The van der Waals surface area contributed by atoms with E-state index in [2.05, 4.69) is 10.6 Å². The summed E-state index contributed by atoms with van der Waals surface area (Å²) in [5.41, 5.74) is 0. The number of carbonyl (C=O) groups is 1. The van der Waals surface area contributed by atoms with Gasteiger partial charge in [-0.1, -0.05) is 13.8 Å². The highest BCUT2D eigenvalue weighted by Gasteiger charge is 2.42. The summed E-state index contributed by atoms with van der Waals surface area (Å²) in [6, 6.07) is 2.40. The van der Waals surface area contributed by atoms with Gasteiger partial charge in [0.2, 0.25) is 5.91 Å². The first-order chi connectivity index (χ1) is 11.7. The number of hydrogen-bond donors (Lipinski definition) is 2. The van der Waals surface area contributed by atoms with Gasteiger partial charge in [-0.2, -0.15) is 4.31 Å². The molecule has 0 aromatic carbocycles. The highest BCUT2D eigenvalue weighted by atomic mass is 32.2. The number of sulfonamides is 1. The molecule has 142 valence electrons. The van der Waals surface area contributed by atoms with E-state index >= 15 is 0 Å². The number of hydrogen-bond acceptors (Lipinski definition) is 5. The lowest BCUT2D eigenvalue weighted by atomic mass is 10.2. The van der Waals surface area contributed by atoms with Crippen molar-refractivity contribution in [3.63, 3.8) is 0 Å². The van der Waals surface area contributed by atoms with Crippen LogP contribution in [0.5, 0.6) is 0 Å². The van der Waals surface area contributed by atoms with Gasteiger partial charge in [0.25, 0.3) is 15.9 Å².